The second-order valence-corrected chi connectivity index (χ2v) is 7.77. The van der Waals surface area contributed by atoms with Crippen molar-refractivity contribution in [2.75, 3.05) is 19.7 Å². The molecule has 4 nitrogen and oxygen atoms in total. The number of amides is 1. The summed E-state index contributed by atoms with van der Waals surface area (Å²) in [5.74, 6) is -0.575. The lowest BCUT2D eigenvalue weighted by molar-refractivity contribution is -0.164. The van der Waals surface area contributed by atoms with Crippen LogP contribution in [0.1, 0.15) is 58.1 Å². The van der Waals surface area contributed by atoms with Gasteiger partial charge in [-0.15, -0.1) is 0 Å². The summed E-state index contributed by atoms with van der Waals surface area (Å²) in [5, 5.41) is 0. The fourth-order valence-corrected chi connectivity index (χ4v) is 3.79. The number of hydrogen-bond donors (Lipinski definition) is 0. The van der Waals surface area contributed by atoms with E-state index in [0.29, 0.717) is 25.9 Å². The summed E-state index contributed by atoms with van der Waals surface area (Å²) in [7, 11) is 0. The highest BCUT2D eigenvalue weighted by Crippen LogP contribution is 2.30. The van der Waals surface area contributed by atoms with Crippen LogP contribution in [0.4, 0.5) is 0 Å². The fourth-order valence-electron chi connectivity index (χ4n) is 3.79. The highest BCUT2D eigenvalue weighted by atomic mass is 16.5. The molecule has 0 aliphatic heterocycles. The molecule has 2 rings (SSSR count). The molecule has 0 N–H and O–H groups in total. The highest BCUT2D eigenvalue weighted by molar-refractivity contribution is 6.02. The average Bonchev–Trinajstić information content (AvgIpc) is 2.81. The van der Waals surface area contributed by atoms with Gasteiger partial charge in [-0.2, -0.15) is 0 Å². The van der Waals surface area contributed by atoms with Crippen LogP contribution < -0.4 is 0 Å². The molecule has 1 amide bonds. The van der Waals surface area contributed by atoms with Crippen LogP contribution in [0, 0.1) is 5.41 Å². The zero-order valence-electron chi connectivity index (χ0n) is 19.3. The van der Waals surface area contributed by atoms with Crippen molar-refractivity contribution in [3.05, 3.63) is 77.9 Å². The van der Waals surface area contributed by atoms with Gasteiger partial charge in [-0.05, 0) is 63.7 Å². The fraction of sp³-hybridized carbons (Fsp3) is 0.407. The van der Waals surface area contributed by atoms with E-state index in [1.54, 1.807) is 18.7 Å². The molecule has 0 bridgehead atoms. The Labute approximate surface area is 186 Å². The lowest BCUT2D eigenvalue weighted by atomic mass is 9.82. The molecule has 2 aromatic carbocycles. The smallest absolute Gasteiger partial charge is 0.321 e. The Morgan fingerprint density at radius 2 is 1.42 bits per heavy atom. The van der Waals surface area contributed by atoms with Gasteiger partial charge in [0.15, 0.2) is 0 Å². The number of ether oxygens (including phenoxy) is 1. The second kappa shape index (κ2) is 12.1. The van der Waals surface area contributed by atoms with E-state index in [4.69, 9.17) is 4.74 Å². The first-order valence-corrected chi connectivity index (χ1v) is 11.3. The molecule has 0 spiro atoms. The van der Waals surface area contributed by atoms with E-state index in [0.717, 1.165) is 23.1 Å². The first-order valence-electron chi connectivity index (χ1n) is 11.3. The van der Waals surface area contributed by atoms with Crippen molar-refractivity contribution in [2.45, 2.75) is 47.0 Å². The van der Waals surface area contributed by atoms with Crippen LogP contribution in [0.15, 0.2) is 66.7 Å². The number of carbonyl (C=O) groups excluding carboxylic acids is 2. The van der Waals surface area contributed by atoms with Crippen molar-refractivity contribution in [3.63, 3.8) is 0 Å². The quantitative estimate of drug-likeness (QED) is 0.265. The van der Waals surface area contributed by atoms with Crippen LogP contribution in [0.2, 0.25) is 0 Å². The van der Waals surface area contributed by atoms with Gasteiger partial charge in [0.1, 0.15) is 5.41 Å². The normalized spacial score (nSPS) is 12.5. The molecule has 1 atom stereocenters. The van der Waals surface area contributed by atoms with Crippen LogP contribution >= 0.6 is 0 Å². The van der Waals surface area contributed by atoms with E-state index in [-0.39, 0.29) is 12.5 Å². The Balaban J connectivity index is 2.21. The molecule has 2 aromatic rings. The van der Waals surface area contributed by atoms with Gasteiger partial charge >= 0.3 is 5.97 Å². The van der Waals surface area contributed by atoms with E-state index in [2.05, 4.69) is 30.3 Å². The molecule has 0 aromatic heterocycles. The zero-order valence-corrected chi connectivity index (χ0v) is 19.3. The molecule has 0 saturated carbocycles. The molecule has 31 heavy (non-hydrogen) atoms. The third-order valence-corrected chi connectivity index (χ3v) is 5.65. The molecular formula is C27H35NO3. The van der Waals surface area contributed by atoms with Gasteiger partial charge in [-0.3, -0.25) is 9.59 Å². The van der Waals surface area contributed by atoms with Crippen LogP contribution in [0.3, 0.4) is 0 Å². The summed E-state index contributed by atoms with van der Waals surface area (Å²) in [6.07, 6.45) is 4.14. The molecule has 0 radical (unpaired) electrons. The van der Waals surface area contributed by atoms with Crippen molar-refractivity contribution in [1.29, 1.82) is 0 Å². The van der Waals surface area contributed by atoms with Gasteiger partial charge in [-0.25, -0.2) is 0 Å². The maximum Gasteiger partial charge on any atom is 0.321 e. The SMILES string of the molecule is CCOC(=O)C(C)(CCCC=C(c1ccccc1)c1ccccc1)C(=O)N(CC)CC. The standard InChI is InChI=1S/C27H35NO3/c1-5-28(6-2)25(29)27(4,26(30)31-7-3)21-15-14-20-24(22-16-10-8-11-17-22)23-18-12-9-13-19-23/h8-13,16-20H,5-7,14-15,21H2,1-4H3. The maximum atomic E-state index is 13.1. The first kappa shape index (κ1) is 24.4. The topological polar surface area (TPSA) is 46.6 Å². The van der Waals surface area contributed by atoms with Crippen molar-refractivity contribution in [2.24, 2.45) is 5.41 Å². The van der Waals surface area contributed by atoms with E-state index < -0.39 is 11.4 Å². The molecule has 4 heteroatoms. The summed E-state index contributed by atoms with van der Waals surface area (Å²) < 4.78 is 5.28. The van der Waals surface area contributed by atoms with Gasteiger partial charge in [0.05, 0.1) is 6.61 Å². The Hall–Kier alpha value is -2.88. The van der Waals surface area contributed by atoms with Crippen molar-refractivity contribution >= 4 is 17.4 Å². The van der Waals surface area contributed by atoms with Gasteiger partial charge in [-0.1, -0.05) is 66.7 Å². The van der Waals surface area contributed by atoms with E-state index in [9.17, 15) is 9.59 Å². The van der Waals surface area contributed by atoms with Crippen molar-refractivity contribution in [3.8, 4) is 0 Å². The number of benzene rings is 2. The molecule has 0 fully saturated rings. The molecule has 0 heterocycles. The van der Waals surface area contributed by atoms with Crippen LogP contribution in [-0.4, -0.2) is 36.5 Å². The van der Waals surface area contributed by atoms with Gasteiger partial charge in [0, 0.05) is 13.1 Å². The summed E-state index contributed by atoms with van der Waals surface area (Å²) in [4.78, 5) is 27.6. The third kappa shape index (κ3) is 6.30. The number of rotatable bonds is 11. The minimum absolute atomic E-state index is 0.147. The Morgan fingerprint density at radius 3 is 1.87 bits per heavy atom. The zero-order chi connectivity index (χ0) is 22.7. The van der Waals surface area contributed by atoms with E-state index >= 15 is 0 Å². The van der Waals surface area contributed by atoms with Crippen molar-refractivity contribution in [1.82, 2.24) is 4.90 Å². The second-order valence-electron chi connectivity index (χ2n) is 7.77. The highest BCUT2D eigenvalue weighted by Gasteiger charge is 2.43. The van der Waals surface area contributed by atoms with Crippen molar-refractivity contribution < 1.29 is 14.3 Å². The number of esters is 1. The first-order chi connectivity index (χ1) is 15.0. The van der Waals surface area contributed by atoms with E-state index in [1.807, 2.05) is 50.2 Å². The minimum Gasteiger partial charge on any atom is -0.465 e. The predicted octanol–water partition coefficient (Wildman–Crippen LogP) is 5.73. The Kier molecular flexibility index (Phi) is 9.51. The van der Waals surface area contributed by atoms with Gasteiger partial charge in [0.2, 0.25) is 5.91 Å². The predicted molar refractivity (Wildman–Crippen MR) is 126 cm³/mol. The number of hydrogen-bond acceptors (Lipinski definition) is 3. The minimum atomic E-state index is -1.16. The summed E-state index contributed by atoms with van der Waals surface area (Å²) >= 11 is 0. The lowest BCUT2D eigenvalue weighted by Crippen LogP contribution is -2.47. The average molecular weight is 422 g/mol. The summed E-state index contributed by atoms with van der Waals surface area (Å²) in [6, 6.07) is 20.6. The molecule has 0 saturated heterocycles. The summed E-state index contributed by atoms with van der Waals surface area (Å²) in [5.41, 5.74) is 2.31. The molecule has 0 aliphatic rings. The lowest BCUT2D eigenvalue weighted by Gasteiger charge is -2.31. The summed E-state index contributed by atoms with van der Waals surface area (Å²) in [6.45, 7) is 8.79. The molecule has 1 unspecified atom stereocenters. The number of carbonyl (C=O) groups is 2. The number of allylic oxidation sites excluding steroid dienone is 1. The Morgan fingerprint density at radius 1 is 0.903 bits per heavy atom. The monoisotopic (exact) mass is 421 g/mol. The van der Waals surface area contributed by atoms with Crippen LogP contribution in [-0.2, 0) is 14.3 Å². The Bertz CT molecular complexity index is 815. The molecular weight excluding hydrogens is 386 g/mol. The third-order valence-electron chi connectivity index (χ3n) is 5.65. The van der Waals surface area contributed by atoms with Gasteiger partial charge in [0.25, 0.3) is 0 Å². The maximum absolute atomic E-state index is 13.1. The number of nitrogens with zero attached hydrogens (tertiary/aromatic N) is 1. The van der Waals surface area contributed by atoms with E-state index in [1.165, 1.54) is 0 Å². The molecule has 166 valence electrons. The van der Waals surface area contributed by atoms with Crippen LogP contribution in [0.25, 0.3) is 5.57 Å². The molecule has 0 aliphatic carbocycles. The van der Waals surface area contributed by atoms with Gasteiger partial charge < -0.3 is 9.64 Å². The van der Waals surface area contributed by atoms with Crippen LogP contribution in [0.5, 0.6) is 0 Å². The largest absolute Gasteiger partial charge is 0.465 e. The number of unbranched alkanes of at least 4 members (excludes halogenated alkanes) is 1.